The van der Waals surface area contributed by atoms with Gasteiger partial charge in [0.05, 0.1) is 34.1 Å². The van der Waals surface area contributed by atoms with Crippen LogP contribution in [-0.4, -0.2) is 41.7 Å². The molecule has 0 saturated heterocycles. The van der Waals surface area contributed by atoms with Gasteiger partial charge in [-0.3, -0.25) is 19.8 Å². The predicted molar refractivity (Wildman–Crippen MR) is 245 cm³/mol. The zero-order valence-corrected chi connectivity index (χ0v) is 42.7. The standard InChI is InChI=1S/2C25H22N4O5.2Na/c2*1-14-22(24(31)29(28-14)17-10-9-15-5-2-3-6-16(15)13-17)27-26-19-8-4-7-18(23(19)30)20-11-12-21(34-20)25(32)33;;/h2*4,7-13,28,30H,2-3,5-6H2,1H3,(H,32,33);;/q;;2*+1/p-2. The second-order valence-corrected chi connectivity index (χ2v) is 16.4. The first-order valence-corrected chi connectivity index (χ1v) is 21.8. The van der Waals surface area contributed by atoms with Gasteiger partial charge >= 0.3 is 71.1 Å². The van der Waals surface area contributed by atoms with Crippen molar-refractivity contribution in [1.82, 2.24) is 19.6 Å². The van der Waals surface area contributed by atoms with E-state index in [1.54, 1.807) is 26.0 Å². The van der Waals surface area contributed by atoms with E-state index in [1.807, 2.05) is 24.3 Å². The maximum Gasteiger partial charge on any atom is 1.00 e. The van der Waals surface area contributed by atoms with Crippen molar-refractivity contribution in [2.75, 3.05) is 0 Å². The third-order valence-corrected chi connectivity index (χ3v) is 11.9. The maximum absolute atomic E-state index is 13.0. The molecule has 0 bridgehead atoms. The molecule has 0 saturated carbocycles. The largest absolute Gasteiger partial charge is 1.00 e. The van der Waals surface area contributed by atoms with Crippen LogP contribution in [0.5, 0.6) is 11.5 Å². The molecule has 0 radical (unpaired) electrons. The van der Waals surface area contributed by atoms with Crippen molar-refractivity contribution in [1.29, 1.82) is 0 Å². The van der Waals surface area contributed by atoms with Crippen molar-refractivity contribution in [2.45, 2.75) is 65.2 Å². The van der Waals surface area contributed by atoms with Gasteiger partial charge in [-0.15, -0.1) is 10.2 Å². The number of benzene rings is 4. The fourth-order valence-electron chi connectivity index (χ4n) is 8.39. The summed E-state index contributed by atoms with van der Waals surface area (Å²) in [4.78, 5) is 48.2. The van der Waals surface area contributed by atoms with E-state index in [0.29, 0.717) is 11.4 Å². The number of carboxylic acids is 2. The number of rotatable bonds is 10. The van der Waals surface area contributed by atoms with E-state index in [9.17, 15) is 29.4 Å². The number of nitrogens with zero attached hydrogens (tertiary/aromatic N) is 6. The predicted octanol–water partition coefficient (Wildman–Crippen LogP) is 3.61. The van der Waals surface area contributed by atoms with Crippen LogP contribution in [0.15, 0.2) is 136 Å². The normalized spacial score (nSPS) is 12.9. The number of carboxylic acid groups (broad SMARTS) is 2. The van der Waals surface area contributed by atoms with E-state index in [1.165, 1.54) is 93.0 Å². The summed E-state index contributed by atoms with van der Waals surface area (Å²) in [7, 11) is 0. The van der Waals surface area contributed by atoms with E-state index in [-0.39, 0.29) is 127 Å². The van der Waals surface area contributed by atoms with Gasteiger partial charge in [-0.25, -0.2) is 19.0 Å². The van der Waals surface area contributed by atoms with Crippen molar-refractivity contribution < 1.29 is 98.0 Å². The van der Waals surface area contributed by atoms with Gasteiger partial charge in [-0.1, -0.05) is 47.9 Å². The van der Waals surface area contributed by atoms with Gasteiger partial charge < -0.3 is 29.3 Å². The number of para-hydroxylation sites is 2. The van der Waals surface area contributed by atoms with Crippen LogP contribution in [-0.2, 0) is 25.7 Å². The van der Waals surface area contributed by atoms with Gasteiger partial charge in [-0.2, -0.15) is 10.2 Å². The van der Waals surface area contributed by atoms with Gasteiger partial charge in [0.1, 0.15) is 11.5 Å². The second kappa shape index (κ2) is 21.9. The Morgan fingerprint density at radius 3 is 1.30 bits per heavy atom. The van der Waals surface area contributed by atoms with Crippen molar-refractivity contribution in [3.8, 4) is 45.5 Å². The number of nitrogens with one attached hydrogen (secondary N) is 2. The minimum atomic E-state index is -1.23. The number of fused-ring (bicyclic) bond motifs is 2. The van der Waals surface area contributed by atoms with E-state index in [4.69, 9.17) is 19.0 Å². The molecule has 4 N–H and O–H groups in total. The average molecular weight is 961 g/mol. The van der Waals surface area contributed by atoms with Gasteiger partial charge in [-0.05, 0) is 148 Å². The Morgan fingerprint density at radius 2 is 0.929 bits per heavy atom. The third-order valence-electron chi connectivity index (χ3n) is 11.9. The molecule has 0 aliphatic heterocycles. The van der Waals surface area contributed by atoms with Crippen molar-refractivity contribution in [3.05, 3.63) is 163 Å². The minimum absolute atomic E-state index is 0. The Hall–Kier alpha value is -6.80. The van der Waals surface area contributed by atoms with Crippen LogP contribution in [0.2, 0.25) is 0 Å². The number of azo groups is 2. The molecule has 20 heteroatoms. The summed E-state index contributed by atoms with van der Waals surface area (Å²) >= 11 is 0. The number of aromatic amines is 2. The molecule has 4 aromatic carbocycles. The molecule has 0 amide bonds. The molecular weight excluding hydrogens is 919 g/mol. The summed E-state index contributed by atoms with van der Waals surface area (Å²) in [5.74, 6) is -3.74. The molecule has 4 heterocycles. The molecule has 0 fully saturated rings. The first kappa shape index (κ1) is 51.1. The third kappa shape index (κ3) is 10.5. The number of aromatic nitrogens is 4. The molecule has 0 unspecified atom stereocenters. The zero-order valence-electron chi connectivity index (χ0n) is 38.7. The second-order valence-electron chi connectivity index (χ2n) is 16.4. The molecule has 2 aliphatic carbocycles. The van der Waals surface area contributed by atoms with Crippen LogP contribution < -0.4 is 80.4 Å². The van der Waals surface area contributed by atoms with Crippen LogP contribution in [0.3, 0.4) is 0 Å². The Bertz CT molecular complexity index is 3220. The molecule has 18 nitrogen and oxygen atoms in total. The van der Waals surface area contributed by atoms with Crippen LogP contribution in [0.1, 0.15) is 80.4 Å². The number of hydrogen-bond donors (Lipinski definition) is 4. The number of aromatic carboxylic acids is 2. The molecule has 2 aliphatic rings. The molecule has 4 aromatic heterocycles. The van der Waals surface area contributed by atoms with Crippen molar-refractivity contribution in [2.24, 2.45) is 20.5 Å². The van der Waals surface area contributed by atoms with Crippen LogP contribution >= 0.6 is 0 Å². The minimum Gasteiger partial charge on any atom is -0.870 e. The molecule has 8 aromatic rings. The van der Waals surface area contributed by atoms with Crippen molar-refractivity contribution in [3.63, 3.8) is 0 Å². The van der Waals surface area contributed by atoms with Crippen molar-refractivity contribution >= 4 is 34.7 Å². The fraction of sp³-hybridized carbons (Fsp3) is 0.200. The molecule has 0 spiro atoms. The first-order chi connectivity index (χ1) is 32.8. The van der Waals surface area contributed by atoms with E-state index < -0.39 is 23.4 Å². The quantitative estimate of drug-likeness (QED) is 0.114. The van der Waals surface area contributed by atoms with E-state index in [0.717, 1.165) is 49.9 Å². The number of H-pyrrole nitrogens is 2. The van der Waals surface area contributed by atoms with Crippen LogP contribution in [0, 0.1) is 13.8 Å². The molecule has 10 rings (SSSR count). The van der Waals surface area contributed by atoms with Gasteiger partial charge in [0.15, 0.2) is 11.4 Å². The van der Waals surface area contributed by atoms with E-state index in [2.05, 4.69) is 42.8 Å². The van der Waals surface area contributed by atoms with Gasteiger partial charge in [0, 0.05) is 11.1 Å². The molecule has 70 heavy (non-hydrogen) atoms. The first-order valence-electron chi connectivity index (χ1n) is 21.8. The molecule has 344 valence electrons. The monoisotopic (exact) mass is 960 g/mol. The van der Waals surface area contributed by atoms with Gasteiger partial charge in [0.25, 0.3) is 11.1 Å². The maximum atomic E-state index is 13.0. The Labute approximate surface area is 443 Å². The van der Waals surface area contributed by atoms with Gasteiger partial charge in [0.2, 0.25) is 11.5 Å². The SMILES string of the molecule is Cc1[nH]n(-c2ccc3c(c2)CCCC3)c(=O)c1N=Nc1cccc(-c2ccc(C(=O)O)o2)c1[O-].Cc1[nH]n(-c2ccc3c(c2)CCCC3)c(=O)c1N=Nc1cccc(-c2ccc(C(=O)O)o2)c1[O-].[Na+].[Na+]. The Balaban J connectivity index is 0.000000201. The number of furan rings is 2. The zero-order chi connectivity index (χ0) is 47.6. The number of hydrogen-bond acceptors (Lipinski definition) is 12. The van der Waals surface area contributed by atoms with Crippen LogP contribution in [0.4, 0.5) is 22.7 Å². The summed E-state index contributed by atoms with van der Waals surface area (Å²) in [5.41, 5.74) is 7.45. The summed E-state index contributed by atoms with van der Waals surface area (Å²) in [6, 6.07) is 26.5. The van der Waals surface area contributed by atoms with E-state index >= 15 is 0 Å². The average Bonchev–Trinajstić information content (AvgIpc) is 4.15. The Kier molecular flexibility index (Phi) is 16.0. The molecule has 0 atom stereocenters. The summed E-state index contributed by atoms with van der Waals surface area (Å²) in [5, 5.41) is 66.0. The summed E-state index contributed by atoms with van der Waals surface area (Å²) < 4.78 is 13.3. The summed E-state index contributed by atoms with van der Waals surface area (Å²) in [6.07, 6.45) is 8.75. The fourth-order valence-corrected chi connectivity index (χ4v) is 8.39. The number of carbonyl (C=O) groups is 2. The van der Waals surface area contributed by atoms with Crippen LogP contribution in [0.25, 0.3) is 34.0 Å². The Morgan fingerprint density at radius 1 is 0.543 bits per heavy atom. The number of aryl methyl sites for hydroxylation is 6. The summed E-state index contributed by atoms with van der Waals surface area (Å²) in [6.45, 7) is 3.44. The molecular formula is C50H42N8Na2O10. The topological polar surface area (TPSA) is 272 Å². The smallest absolute Gasteiger partial charge is 0.870 e.